The Labute approximate surface area is 333 Å². The molecule has 0 amide bonds. The minimum Gasteiger partial charge on any atom is -0.309 e. The van der Waals surface area contributed by atoms with Gasteiger partial charge in [0.15, 0.2) is 0 Å². The molecule has 12 rings (SSSR count). The fourth-order valence-corrected chi connectivity index (χ4v) is 10.3. The van der Waals surface area contributed by atoms with Crippen molar-refractivity contribution in [1.29, 1.82) is 0 Å². The van der Waals surface area contributed by atoms with Gasteiger partial charge < -0.3 is 9.13 Å². The van der Waals surface area contributed by atoms with Gasteiger partial charge in [-0.05, 0) is 88.0 Å². The standard InChI is InChI=1S/C54H34N2S/c1-2-10-35(11-3-1)40-26-31-44-43-12-4-7-15-48(43)56(51(44)34-40)42-29-24-39(25-30-42)37-20-18-36(19-21-37)38-22-27-41(28-23-38)55-49-16-8-5-14-47(49)53-50(55)33-32-46-45-13-6-9-17-52(45)57-54(46)53/h1-34H. The Morgan fingerprint density at radius 3 is 1.40 bits per heavy atom. The highest BCUT2D eigenvalue weighted by atomic mass is 32.1. The summed E-state index contributed by atoms with van der Waals surface area (Å²) >= 11 is 1.90. The SMILES string of the molecule is c1ccc(-c2ccc3c4ccccc4n(-c4ccc(-c5ccc(-c6ccc(-n7c8ccccc8c8c9sc%10ccccc%10c9ccc87)cc6)cc5)cc4)c3c2)cc1. The van der Waals surface area contributed by atoms with Crippen molar-refractivity contribution >= 4 is 75.1 Å². The molecule has 0 fully saturated rings. The zero-order chi connectivity index (χ0) is 37.5. The average Bonchev–Trinajstić information content (AvgIpc) is 3.94. The first-order valence-electron chi connectivity index (χ1n) is 19.5. The topological polar surface area (TPSA) is 9.86 Å². The third kappa shape index (κ3) is 5.03. The highest BCUT2D eigenvalue weighted by molar-refractivity contribution is 7.26. The zero-order valence-electron chi connectivity index (χ0n) is 30.9. The number of benzene rings is 9. The molecule has 2 nitrogen and oxygen atoms in total. The van der Waals surface area contributed by atoms with E-state index < -0.39 is 0 Å². The highest BCUT2D eigenvalue weighted by Crippen LogP contribution is 2.43. The molecule has 0 unspecified atom stereocenters. The van der Waals surface area contributed by atoms with Crippen LogP contribution in [0.3, 0.4) is 0 Å². The van der Waals surface area contributed by atoms with Crippen LogP contribution in [0, 0.1) is 0 Å². The van der Waals surface area contributed by atoms with E-state index in [4.69, 9.17) is 0 Å². The van der Waals surface area contributed by atoms with Gasteiger partial charge in [-0.15, -0.1) is 11.3 Å². The summed E-state index contributed by atoms with van der Waals surface area (Å²) in [4.78, 5) is 0. The first kappa shape index (κ1) is 32.1. The number of thiophene rings is 1. The van der Waals surface area contributed by atoms with Gasteiger partial charge in [0.05, 0.1) is 22.1 Å². The van der Waals surface area contributed by atoms with E-state index >= 15 is 0 Å². The molecule has 3 aromatic heterocycles. The molecule has 0 aliphatic carbocycles. The second kappa shape index (κ2) is 12.7. The van der Waals surface area contributed by atoms with Crippen LogP contribution < -0.4 is 0 Å². The van der Waals surface area contributed by atoms with Crippen LogP contribution in [0.25, 0.3) is 109 Å². The second-order valence-corrected chi connectivity index (χ2v) is 16.0. The number of fused-ring (bicyclic) bond motifs is 10. The van der Waals surface area contributed by atoms with E-state index in [1.54, 1.807) is 0 Å². The zero-order valence-corrected chi connectivity index (χ0v) is 31.7. The van der Waals surface area contributed by atoms with Crippen LogP contribution in [0.2, 0.25) is 0 Å². The van der Waals surface area contributed by atoms with Crippen LogP contribution in [-0.4, -0.2) is 9.13 Å². The molecule has 12 aromatic rings. The normalized spacial score (nSPS) is 11.9. The van der Waals surface area contributed by atoms with Gasteiger partial charge in [0.2, 0.25) is 0 Å². The van der Waals surface area contributed by atoms with E-state index in [1.165, 1.54) is 103 Å². The molecule has 0 radical (unpaired) electrons. The summed E-state index contributed by atoms with van der Waals surface area (Å²) in [5, 5.41) is 7.83. The van der Waals surface area contributed by atoms with Gasteiger partial charge in [-0.1, -0.05) is 152 Å². The van der Waals surface area contributed by atoms with Crippen LogP contribution in [0.1, 0.15) is 0 Å². The number of hydrogen-bond acceptors (Lipinski definition) is 1. The van der Waals surface area contributed by atoms with Crippen molar-refractivity contribution in [3.8, 4) is 44.8 Å². The molecule has 0 bridgehead atoms. The monoisotopic (exact) mass is 742 g/mol. The first-order chi connectivity index (χ1) is 28.3. The fourth-order valence-electron chi connectivity index (χ4n) is 9.03. The minimum absolute atomic E-state index is 1.16. The Hall–Kier alpha value is -7.20. The Morgan fingerprint density at radius 2 is 0.737 bits per heavy atom. The number of hydrogen-bond donors (Lipinski definition) is 0. The fraction of sp³-hybridized carbons (Fsp3) is 0. The third-order valence-electron chi connectivity index (χ3n) is 11.8. The van der Waals surface area contributed by atoms with Crippen LogP contribution in [0.4, 0.5) is 0 Å². The maximum absolute atomic E-state index is 2.42. The van der Waals surface area contributed by atoms with E-state index in [0.29, 0.717) is 0 Å². The van der Waals surface area contributed by atoms with Crippen LogP contribution in [0.5, 0.6) is 0 Å². The third-order valence-corrected chi connectivity index (χ3v) is 13.0. The van der Waals surface area contributed by atoms with Crippen LogP contribution >= 0.6 is 11.3 Å². The number of aromatic nitrogens is 2. The highest BCUT2D eigenvalue weighted by Gasteiger charge is 2.18. The maximum Gasteiger partial charge on any atom is 0.0555 e. The first-order valence-corrected chi connectivity index (χ1v) is 20.3. The molecule has 0 atom stereocenters. The van der Waals surface area contributed by atoms with Crippen LogP contribution in [0.15, 0.2) is 206 Å². The molecule has 3 heteroatoms. The summed E-state index contributed by atoms with van der Waals surface area (Å²) in [5.74, 6) is 0. The van der Waals surface area contributed by atoms with Crippen molar-refractivity contribution in [3.05, 3.63) is 206 Å². The van der Waals surface area contributed by atoms with Crippen molar-refractivity contribution in [2.24, 2.45) is 0 Å². The lowest BCUT2D eigenvalue weighted by molar-refractivity contribution is 1.18. The predicted octanol–water partition coefficient (Wildman–Crippen LogP) is 15.2. The lowest BCUT2D eigenvalue weighted by Crippen LogP contribution is -1.94. The molecule has 0 spiro atoms. The molecular weight excluding hydrogens is 709 g/mol. The van der Waals surface area contributed by atoms with Crippen molar-refractivity contribution in [2.75, 3.05) is 0 Å². The van der Waals surface area contributed by atoms with Crippen molar-refractivity contribution in [3.63, 3.8) is 0 Å². The Bertz CT molecular complexity index is 3470. The molecular formula is C54H34N2S. The molecule has 57 heavy (non-hydrogen) atoms. The molecule has 3 heterocycles. The van der Waals surface area contributed by atoms with Gasteiger partial charge >= 0.3 is 0 Å². The molecule has 0 aliphatic rings. The van der Waals surface area contributed by atoms with E-state index in [1.807, 2.05) is 11.3 Å². The van der Waals surface area contributed by atoms with Crippen molar-refractivity contribution in [2.45, 2.75) is 0 Å². The average molecular weight is 743 g/mol. The van der Waals surface area contributed by atoms with Gasteiger partial charge in [0.1, 0.15) is 0 Å². The summed E-state index contributed by atoms with van der Waals surface area (Å²) in [7, 11) is 0. The smallest absolute Gasteiger partial charge is 0.0555 e. The second-order valence-electron chi connectivity index (χ2n) is 14.9. The lowest BCUT2D eigenvalue weighted by Gasteiger charge is -2.11. The van der Waals surface area contributed by atoms with Gasteiger partial charge in [-0.2, -0.15) is 0 Å². The molecule has 0 saturated heterocycles. The number of nitrogens with zero attached hydrogens (tertiary/aromatic N) is 2. The van der Waals surface area contributed by atoms with E-state index in [-0.39, 0.29) is 0 Å². The van der Waals surface area contributed by atoms with Gasteiger partial charge in [-0.3, -0.25) is 0 Å². The Morgan fingerprint density at radius 1 is 0.281 bits per heavy atom. The van der Waals surface area contributed by atoms with Gasteiger partial charge in [0, 0.05) is 53.1 Å². The summed E-state index contributed by atoms with van der Waals surface area (Å²) < 4.78 is 7.52. The lowest BCUT2D eigenvalue weighted by atomic mass is 10.00. The van der Waals surface area contributed by atoms with E-state index in [9.17, 15) is 0 Å². The number of rotatable bonds is 5. The molecule has 0 saturated carbocycles. The Kier molecular flexibility index (Phi) is 7.13. The maximum atomic E-state index is 2.42. The molecule has 266 valence electrons. The summed E-state index contributed by atoms with van der Waals surface area (Å²) in [6.45, 7) is 0. The molecule has 9 aromatic carbocycles. The summed E-state index contributed by atoms with van der Waals surface area (Å²) in [5.41, 5.74) is 14.5. The largest absolute Gasteiger partial charge is 0.309 e. The predicted molar refractivity (Wildman–Crippen MR) is 244 cm³/mol. The summed E-state index contributed by atoms with van der Waals surface area (Å²) in [6, 6.07) is 75.4. The van der Waals surface area contributed by atoms with Crippen LogP contribution in [-0.2, 0) is 0 Å². The van der Waals surface area contributed by atoms with E-state index in [2.05, 4.69) is 215 Å². The van der Waals surface area contributed by atoms with E-state index in [0.717, 1.165) is 5.69 Å². The van der Waals surface area contributed by atoms with Crippen molar-refractivity contribution in [1.82, 2.24) is 9.13 Å². The summed E-state index contributed by atoms with van der Waals surface area (Å²) in [6.07, 6.45) is 0. The molecule has 0 N–H and O–H groups in total. The van der Waals surface area contributed by atoms with Gasteiger partial charge in [-0.25, -0.2) is 0 Å². The number of para-hydroxylation sites is 2. The Balaban J connectivity index is 0.865. The minimum atomic E-state index is 1.16. The van der Waals surface area contributed by atoms with Crippen molar-refractivity contribution < 1.29 is 0 Å². The van der Waals surface area contributed by atoms with Gasteiger partial charge in [0.25, 0.3) is 0 Å². The quantitative estimate of drug-likeness (QED) is 0.166. The molecule has 0 aliphatic heterocycles.